The van der Waals surface area contributed by atoms with E-state index in [4.69, 9.17) is 10.5 Å². The SMILES string of the molecule is CNC(=O)CCCN1CCOCC1CN. The largest absolute Gasteiger partial charge is 0.378 e. The lowest BCUT2D eigenvalue weighted by Gasteiger charge is -2.34. The molecule has 0 aliphatic carbocycles. The fourth-order valence-corrected chi connectivity index (χ4v) is 1.77. The lowest BCUT2D eigenvalue weighted by Crippen LogP contribution is -2.49. The Morgan fingerprint density at radius 2 is 2.47 bits per heavy atom. The summed E-state index contributed by atoms with van der Waals surface area (Å²) in [5.74, 6) is 0.104. The van der Waals surface area contributed by atoms with Gasteiger partial charge in [-0.3, -0.25) is 9.69 Å². The second kappa shape index (κ2) is 6.76. The van der Waals surface area contributed by atoms with Crippen LogP contribution in [-0.2, 0) is 9.53 Å². The van der Waals surface area contributed by atoms with E-state index in [-0.39, 0.29) is 5.91 Å². The molecule has 0 spiro atoms. The van der Waals surface area contributed by atoms with Gasteiger partial charge in [0, 0.05) is 32.6 Å². The van der Waals surface area contributed by atoms with E-state index in [1.807, 2.05) is 0 Å². The van der Waals surface area contributed by atoms with Crippen molar-refractivity contribution in [1.29, 1.82) is 0 Å². The monoisotopic (exact) mass is 215 g/mol. The van der Waals surface area contributed by atoms with Crippen molar-refractivity contribution in [3.8, 4) is 0 Å². The second-order valence-corrected chi connectivity index (χ2v) is 3.78. The lowest BCUT2D eigenvalue weighted by atomic mass is 10.2. The second-order valence-electron chi connectivity index (χ2n) is 3.78. The van der Waals surface area contributed by atoms with Crippen molar-refractivity contribution in [2.24, 2.45) is 5.73 Å². The third kappa shape index (κ3) is 4.15. The molecule has 1 rings (SSSR count). The highest BCUT2D eigenvalue weighted by Gasteiger charge is 2.20. The number of hydrogen-bond donors (Lipinski definition) is 2. The molecule has 88 valence electrons. The first-order chi connectivity index (χ1) is 7.27. The van der Waals surface area contributed by atoms with Gasteiger partial charge in [0.25, 0.3) is 0 Å². The molecular weight excluding hydrogens is 194 g/mol. The van der Waals surface area contributed by atoms with Crippen molar-refractivity contribution < 1.29 is 9.53 Å². The van der Waals surface area contributed by atoms with E-state index >= 15 is 0 Å². The Hall–Kier alpha value is -0.650. The first kappa shape index (κ1) is 12.4. The highest BCUT2D eigenvalue weighted by atomic mass is 16.5. The molecule has 1 fully saturated rings. The summed E-state index contributed by atoms with van der Waals surface area (Å²) >= 11 is 0. The van der Waals surface area contributed by atoms with Crippen molar-refractivity contribution >= 4 is 5.91 Å². The Kier molecular flexibility index (Phi) is 5.60. The van der Waals surface area contributed by atoms with Gasteiger partial charge in [-0.15, -0.1) is 0 Å². The number of nitrogens with zero attached hydrogens (tertiary/aromatic N) is 1. The highest BCUT2D eigenvalue weighted by Crippen LogP contribution is 2.07. The molecule has 1 atom stereocenters. The van der Waals surface area contributed by atoms with Gasteiger partial charge < -0.3 is 15.8 Å². The molecule has 1 unspecified atom stereocenters. The summed E-state index contributed by atoms with van der Waals surface area (Å²) in [5, 5.41) is 2.62. The van der Waals surface area contributed by atoms with Gasteiger partial charge in [0.05, 0.1) is 13.2 Å². The molecule has 0 aromatic rings. The van der Waals surface area contributed by atoms with Crippen molar-refractivity contribution in [3.63, 3.8) is 0 Å². The van der Waals surface area contributed by atoms with Crippen molar-refractivity contribution in [3.05, 3.63) is 0 Å². The Labute approximate surface area is 90.9 Å². The van der Waals surface area contributed by atoms with Crippen LogP contribution in [0.25, 0.3) is 0 Å². The van der Waals surface area contributed by atoms with Crippen LogP contribution in [0.4, 0.5) is 0 Å². The first-order valence-corrected chi connectivity index (χ1v) is 5.50. The van der Waals surface area contributed by atoms with Crippen LogP contribution in [0.2, 0.25) is 0 Å². The van der Waals surface area contributed by atoms with E-state index in [2.05, 4.69) is 10.2 Å². The fourth-order valence-electron chi connectivity index (χ4n) is 1.77. The van der Waals surface area contributed by atoms with Gasteiger partial charge in [0.2, 0.25) is 5.91 Å². The number of ether oxygens (including phenoxy) is 1. The Morgan fingerprint density at radius 3 is 3.13 bits per heavy atom. The van der Waals surface area contributed by atoms with Gasteiger partial charge in [0.15, 0.2) is 0 Å². The van der Waals surface area contributed by atoms with Crippen molar-refractivity contribution in [2.75, 3.05) is 39.9 Å². The van der Waals surface area contributed by atoms with Crippen LogP contribution >= 0.6 is 0 Å². The molecule has 1 heterocycles. The third-order valence-corrected chi connectivity index (χ3v) is 2.75. The van der Waals surface area contributed by atoms with Gasteiger partial charge in [0.1, 0.15) is 0 Å². The normalized spacial score (nSPS) is 22.7. The number of nitrogens with two attached hydrogens (primary N) is 1. The minimum atomic E-state index is 0.104. The predicted octanol–water partition coefficient (Wildman–Crippen LogP) is -0.828. The fraction of sp³-hybridized carbons (Fsp3) is 0.900. The number of rotatable bonds is 5. The zero-order chi connectivity index (χ0) is 11.1. The smallest absolute Gasteiger partial charge is 0.219 e. The maximum Gasteiger partial charge on any atom is 0.219 e. The van der Waals surface area contributed by atoms with Gasteiger partial charge in [-0.05, 0) is 13.0 Å². The molecule has 1 amide bonds. The number of morpholine rings is 1. The lowest BCUT2D eigenvalue weighted by molar-refractivity contribution is -0.120. The molecule has 15 heavy (non-hydrogen) atoms. The number of carbonyl (C=O) groups is 1. The van der Waals surface area contributed by atoms with Crippen LogP contribution in [0, 0.1) is 0 Å². The van der Waals surface area contributed by atoms with Gasteiger partial charge in [-0.25, -0.2) is 0 Å². The van der Waals surface area contributed by atoms with E-state index in [0.29, 0.717) is 19.0 Å². The molecule has 1 aliphatic rings. The van der Waals surface area contributed by atoms with Gasteiger partial charge >= 0.3 is 0 Å². The van der Waals surface area contributed by atoms with E-state index in [1.54, 1.807) is 7.05 Å². The minimum absolute atomic E-state index is 0.104. The molecule has 0 bridgehead atoms. The Morgan fingerprint density at radius 1 is 1.67 bits per heavy atom. The van der Waals surface area contributed by atoms with Crippen molar-refractivity contribution in [2.45, 2.75) is 18.9 Å². The van der Waals surface area contributed by atoms with Crippen LogP contribution in [0.15, 0.2) is 0 Å². The van der Waals surface area contributed by atoms with E-state index in [1.165, 1.54) is 0 Å². The zero-order valence-electron chi connectivity index (χ0n) is 9.37. The summed E-state index contributed by atoms with van der Waals surface area (Å²) in [6.07, 6.45) is 1.47. The molecule has 5 nitrogen and oxygen atoms in total. The zero-order valence-corrected chi connectivity index (χ0v) is 9.37. The highest BCUT2D eigenvalue weighted by molar-refractivity contribution is 5.75. The quantitative estimate of drug-likeness (QED) is 0.628. The molecule has 0 saturated carbocycles. The van der Waals surface area contributed by atoms with Crippen molar-refractivity contribution in [1.82, 2.24) is 10.2 Å². The summed E-state index contributed by atoms with van der Waals surface area (Å²) in [7, 11) is 1.67. The van der Waals surface area contributed by atoms with Crippen LogP contribution < -0.4 is 11.1 Å². The summed E-state index contributed by atoms with van der Waals surface area (Å²) in [5.41, 5.74) is 5.65. The van der Waals surface area contributed by atoms with Crippen LogP contribution in [0.5, 0.6) is 0 Å². The molecule has 0 aromatic carbocycles. The molecule has 1 saturated heterocycles. The van der Waals surface area contributed by atoms with Gasteiger partial charge in [-0.2, -0.15) is 0 Å². The maximum absolute atomic E-state index is 11.0. The van der Waals surface area contributed by atoms with E-state index < -0.39 is 0 Å². The standard InChI is InChI=1S/C10H21N3O2/c1-12-10(14)3-2-4-13-5-6-15-8-9(13)7-11/h9H,2-8,11H2,1H3,(H,12,14). The third-order valence-electron chi connectivity index (χ3n) is 2.75. The average molecular weight is 215 g/mol. The Balaban J connectivity index is 2.20. The average Bonchev–Trinajstić information content (AvgIpc) is 2.29. The number of carbonyl (C=O) groups excluding carboxylic acids is 1. The van der Waals surface area contributed by atoms with Crippen LogP contribution in [0.1, 0.15) is 12.8 Å². The van der Waals surface area contributed by atoms with Gasteiger partial charge in [-0.1, -0.05) is 0 Å². The molecule has 3 N–H and O–H groups in total. The maximum atomic E-state index is 11.0. The molecule has 0 aromatic heterocycles. The summed E-state index contributed by atoms with van der Waals surface area (Å²) in [4.78, 5) is 13.3. The summed E-state index contributed by atoms with van der Waals surface area (Å²) in [6.45, 7) is 3.97. The number of nitrogens with one attached hydrogen (secondary N) is 1. The molecular formula is C10H21N3O2. The molecule has 0 radical (unpaired) electrons. The summed E-state index contributed by atoms with van der Waals surface area (Å²) < 4.78 is 5.35. The molecule has 5 heteroatoms. The number of amides is 1. The predicted molar refractivity (Wildman–Crippen MR) is 58.5 cm³/mol. The van der Waals surface area contributed by atoms with Crippen LogP contribution in [-0.4, -0.2) is 56.7 Å². The van der Waals surface area contributed by atoms with E-state index in [0.717, 1.165) is 32.7 Å². The minimum Gasteiger partial charge on any atom is -0.378 e. The first-order valence-electron chi connectivity index (χ1n) is 5.50. The molecule has 1 aliphatic heterocycles. The van der Waals surface area contributed by atoms with Crippen LogP contribution in [0.3, 0.4) is 0 Å². The topological polar surface area (TPSA) is 67.6 Å². The Bertz CT molecular complexity index is 199. The van der Waals surface area contributed by atoms with E-state index in [9.17, 15) is 4.79 Å². The number of hydrogen-bond acceptors (Lipinski definition) is 4. The summed E-state index contributed by atoms with van der Waals surface area (Å²) in [6, 6.07) is 0.323.